The third kappa shape index (κ3) is 3.13. The summed E-state index contributed by atoms with van der Waals surface area (Å²) in [6.45, 7) is 2.01. The van der Waals surface area contributed by atoms with Crippen LogP contribution in [0.2, 0.25) is 0 Å². The van der Waals surface area contributed by atoms with E-state index < -0.39 is 0 Å². The molecule has 3 aromatic rings. The molecular formula is C22H21NO2S. The summed E-state index contributed by atoms with van der Waals surface area (Å²) in [4.78, 5) is 14.7. The first-order chi connectivity index (χ1) is 12.7. The lowest BCUT2D eigenvalue weighted by atomic mass is 9.91. The van der Waals surface area contributed by atoms with E-state index in [0.29, 0.717) is 0 Å². The van der Waals surface area contributed by atoms with Crippen molar-refractivity contribution >= 4 is 17.2 Å². The lowest BCUT2D eigenvalue weighted by molar-refractivity contribution is 0.0944. The molecular weight excluding hydrogens is 342 g/mol. The SMILES string of the molecule is COc1ccc2c(c1)-c1sc(C(=O)N[C@@H](C)c3ccccc3)cc1CC2. The molecule has 1 N–H and O–H groups in total. The van der Waals surface area contributed by atoms with E-state index in [9.17, 15) is 4.79 Å². The molecule has 3 nitrogen and oxygen atoms in total. The van der Waals surface area contributed by atoms with Gasteiger partial charge in [-0.1, -0.05) is 36.4 Å². The minimum absolute atomic E-state index is 0.00907. The molecule has 132 valence electrons. The fraction of sp³-hybridized carbons (Fsp3) is 0.227. The second kappa shape index (κ2) is 6.96. The zero-order valence-electron chi connectivity index (χ0n) is 14.9. The maximum atomic E-state index is 12.8. The van der Waals surface area contributed by atoms with Crippen molar-refractivity contribution in [3.63, 3.8) is 0 Å². The second-order valence-electron chi connectivity index (χ2n) is 6.59. The van der Waals surface area contributed by atoms with E-state index >= 15 is 0 Å². The van der Waals surface area contributed by atoms with E-state index in [4.69, 9.17) is 4.74 Å². The average Bonchev–Trinajstić information content (AvgIpc) is 3.13. The Kier molecular flexibility index (Phi) is 4.51. The van der Waals surface area contributed by atoms with E-state index in [-0.39, 0.29) is 11.9 Å². The van der Waals surface area contributed by atoms with Crippen molar-refractivity contribution in [2.45, 2.75) is 25.8 Å². The monoisotopic (exact) mass is 363 g/mol. The number of hydrogen-bond acceptors (Lipinski definition) is 3. The maximum Gasteiger partial charge on any atom is 0.261 e. The number of nitrogens with one attached hydrogen (secondary N) is 1. The summed E-state index contributed by atoms with van der Waals surface area (Å²) in [5, 5.41) is 3.11. The number of carbonyl (C=O) groups is 1. The van der Waals surface area contributed by atoms with Crippen molar-refractivity contribution in [2.24, 2.45) is 0 Å². The smallest absolute Gasteiger partial charge is 0.261 e. The quantitative estimate of drug-likeness (QED) is 0.707. The number of amides is 1. The van der Waals surface area contributed by atoms with Crippen molar-refractivity contribution in [3.05, 3.63) is 76.2 Å². The van der Waals surface area contributed by atoms with Crippen molar-refractivity contribution in [1.29, 1.82) is 0 Å². The highest BCUT2D eigenvalue weighted by atomic mass is 32.1. The van der Waals surface area contributed by atoms with E-state index in [1.165, 1.54) is 21.6 Å². The number of aryl methyl sites for hydroxylation is 2. The van der Waals surface area contributed by atoms with E-state index in [2.05, 4.69) is 23.5 Å². The Morgan fingerprint density at radius 2 is 1.85 bits per heavy atom. The van der Waals surface area contributed by atoms with Crippen LogP contribution in [0, 0.1) is 0 Å². The van der Waals surface area contributed by atoms with Crippen LogP contribution in [0.4, 0.5) is 0 Å². The van der Waals surface area contributed by atoms with Crippen molar-refractivity contribution in [3.8, 4) is 16.2 Å². The van der Waals surface area contributed by atoms with Gasteiger partial charge in [-0.05, 0) is 60.2 Å². The summed E-state index contributed by atoms with van der Waals surface area (Å²) in [5.74, 6) is 0.846. The van der Waals surface area contributed by atoms with Gasteiger partial charge in [0.2, 0.25) is 0 Å². The standard InChI is InChI=1S/C22H21NO2S/c1-14(15-6-4-3-5-7-15)23-22(24)20-12-17-9-8-16-10-11-18(25-2)13-19(16)21(17)26-20/h3-7,10-14H,8-9H2,1-2H3,(H,23,24)/t14-/m0/s1. The highest BCUT2D eigenvalue weighted by molar-refractivity contribution is 7.17. The second-order valence-corrected chi connectivity index (χ2v) is 7.65. The van der Waals surface area contributed by atoms with Crippen LogP contribution >= 0.6 is 11.3 Å². The van der Waals surface area contributed by atoms with Crippen LogP contribution in [0.1, 0.15) is 39.3 Å². The molecule has 0 saturated heterocycles. The number of thiophene rings is 1. The molecule has 0 fully saturated rings. The van der Waals surface area contributed by atoms with E-state index in [1.807, 2.05) is 43.3 Å². The summed E-state index contributed by atoms with van der Waals surface area (Å²) in [5.41, 5.74) is 4.89. The molecule has 4 heteroatoms. The van der Waals surface area contributed by atoms with Gasteiger partial charge in [-0.15, -0.1) is 11.3 Å². The lowest BCUT2D eigenvalue weighted by Gasteiger charge is -2.16. The molecule has 1 amide bonds. The fourth-order valence-electron chi connectivity index (χ4n) is 3.43. The molecule has 1 aliphatic carbocycles. The lowest BCUT2D eigenvalue weighted by Crippen LogP contribution is -2.25. The van der Waals surface area contributed by atoms with Gasteiger partial charge in [-0.3, -0.25) is 4.79 Å². The van der Waals surface area contributed by atoms with Gasteiger partial charge in [-0.2, -0.15) is 0 Å². The third-order valence-electron chi connectivity index (χ3n) is 4.91. The third-order valence-corrected chi connectivity index (χ3v) is 6.11. The predicted molar refractivity (Wildman–Crippen MR) is 106 cm³/mol. The molecule has 2 aromatic carbocycles. The van der Waals surface area contributed by atoms with Crippen LogP contribution < -0.4 is 10.1 Å². The van der Waals surface area contributed by atoms with E-state index in [0.717, 1.165) is 29.0 Å². The minimum Gasteiger partial charge on any atom is -0.497 e. The number of hydrogen-bond donors (Lipinski definition) is 1. The topological polar surface area (TPSA) is 38.3 Å². The first kappa shape index (κ1) is 16.9. The predicted octanol–water partition coefficient (Wildman–Crippen LogP) is 5.01. The van der Waals surface area contributed by atoms with Gasteiger partial charge >= 0.3 is 0 Å². The Hall–Kier alpha value is -2.59. The summed E-state index contributed by atoms with van der Waals surface area (Å²) in [6.07, 6.45) is 1.98. The highest BCUT2D eigenvalue weighted by Gasteiger charge is 2.23. The average molecular weight is 363 g/mol. The zero-order valence-corrected chi connectivity index (χ0v) is 15.7. The molecule has 4 rings (SSSR count). The van der Waals surface area contributed by atoms with Gasteiger partial charge < -0.3 is 10.1 Å². The summed E-state index contributed by atoms with van der Waals surface area (Å²) < 4.78 is 5.38. The first-order valence-corrected chi connectivity index (χ1v) is 9.63. The van der Waals surface area contributed by atoms with Gasteiger partial charge in [0.05, 0.1) is 18.0 Å². The summed E-state index contributed by atoms with van der Waals surface area (Å²) in [6, 6.07) is 18.3. The summed E-state index contributed by atoms with van der Waals surface area (Å²) in [7, 11) is 1.68. The normalized spacial score (nSPS) is 13.5. The van der Waals surface area contributed by atoms with Crippen LogP contribution in [-0.2, 0) is 12.8 Å². The van der Waals surface area contributed by atoms with Crippen molar-refractivity contribution < 1.29 is 9.53 Å². The Balaban J connectivity index is 1.60. The van der Waals surface area contributed by atoms with Gasteiger partial charge in [0, 0.05) is 4.88 Å². The van der Waals surface area contributed by atoms with Gasteiger partial charge in [-0.25, -0.2) is 0 Å². The van der Waals surface area contributed by atoms with Crippen LogP contribution in [0.5, 0.6) is 5.75 Å². The number of benzene rings is 2. The zero-order chi connectivity index (χ0) is 18.1. The number of rotatable bonds is 4. The molecule has 0 spiro atoms. The number of ether oxygens (including phenoxy) is 1. The van der Waals surface area contributed by atoms with Crippen LogP contribution in [-0.4, -0.2) is 13.0 Å². The Labute approximate surface area is 157 Å². The molecule has 1 heterocycles. The number of fused-ring (bicyclic) bond motifs is 3. The Morgan fingerprint density at radius 1 is 1.08 bits per heavy atom. The van der Waals surface area contributed by atoms with Crippen molar-refractivity contribution in [1.82, 2.24) is 5.32 Å². The fourth-order valence-corrected chi connectivity index (χ4v) is 4.59. The van der Waals surface area contributed by atoms with E-state index in [1.54, 1.807) is 18.4 Å². The van der Waals surface area contributed by atoms with Crippen LogP contribution in [0.3, 0.4) is 0 Å². The molecule has 0 radical (unpaired) electrons. The molecule has 1 aromatic heterocycles. The van der Waals surface area contributed by atoms with Crippen LogP contribution in [0.25, 0.3) is 10.4 Å². The Bertz CT molecular complexity index is 946. The molecule has 0 bridgehead atoms. The number of carbonyl (C=O) groups excluding carboxylic acids is 1. The first-order valence-electron chi connectivity index (χ1n) is 8.81. The molecule has 1 aliphatic rings. The largest absolute Gasteiger partial charge is 0.497 e. The molecule has 26 heavy (non-hydrogen) atoms. The number of methoxy groups -OCH3 is 1. The molecule has 0 unspecified atom stereocenters. The Morgan fingerprint density at radius 3 is 2.62 bits per heavy atom. The minimum atomic E-state index is -0.0183. The molecule has 1 atom stereocenters. The van der Waals surface area contributed by atoms with Crippen LogP contribution in [0.15, 0.2) is 54.6 Å². The summed E-state index contributed by atoms with van der Waals surface area (Å²) >= 11 is 1.57. The van der Waals surface area contributed by atoms with Gasteiger partial charge in [0.1, 0.15) is 5.75 Å². The highest BCUT2D eigenvalue weighted by Crippen LogP contribution is 2.41. The maximum absolute atomic E-state index is 12.8. The van der Waals surface area contributed by atoms with Gasteiger partial charge in [0.25, 0.3) is 5.91 Å². The van der Waals surface area contributed by atoms with Gasteiger partial charge in [0.15, 0.2) is 0 Å². The van der Waals surface area contributed by atoms with Crippen molar-refractivity contribution in [2.75, 3.05) is 7.11 Å². The molecule has 0 aliphatic heterocycles. The molecule has 0 saturated carbocycles.